The number of hydrogen-bond donors (Lipinski definition) is 2. The topological polar surface area (TPSA) is 50.7 Å². The summed E-state index contributed by atoms with van der Waals surface area (Å²) in [6, 6.07) is 11.6. The highest BCUT2D eigenvalue weighted by Gasteiger charge is 2.24. The molecule has 0 spiro atoms. The molecule has 0 saturated carbocycles. The van der Waals surface area contributed by atoms with Crippen LogP contribution < -0.4 is 14.8 Å². The van der Waals surface area contributed by atoms with Crippen molar-refractivity contribution in [2.24, 2.45) is 0 Å². The van der Waals surface area contributed by atoms with E-state index >= 15 is 0 Å². The molecule has 2 aromatic rings. The lowest BCUT2D eigenvalue weighted by atomic mass is 9.89. The van der Waals surface area contributed by atoms with Gasteiger partial charge in [-0.1, -0.05) is 12.1 Å². The van der Waals surface area contributed by atoms with E-state index in [2.05, 4.69) is 17.4 Å². The van der Waals surface area contributed by atoms with Gasteiger partial charge in [0.25, 0.3) is 0 Å². The van der Waals surface area contributed by atoms with Crippen molar-refractivity contribution in [2.75, 3.05) is 20.3 Å². The van der Waals surface area contributed by atoms with Crippen LogP contribution in [0.3, 0.4) is 0 Å². The molecule has 0 aromatic heterocycles. The summed E-state index contributed by atoms with van der Waals surface area (Å²) in [5, 5.41) is 13.3. The molecule has 4 nitrogen and oxygen atoms in total. The fraction of sp³-hybridized carbons (Fsp3) is 0.333. The normalized spacial score (nSPS) is 16.9. The Balaban J connectivity index is 2.06. The second kappa shape index (κ2) is 6.28. The summed E-state index contributed by atoms with van der Waals surface area (Å²) in [6.45, 7) is 3.45. The van der Waals surface area contributed by atoms with E-state index in [0.29, 0.717) is 6.61 Å². The number of nitrogens with one attached hydrogen (secondary N) is 1. The first-order chi connectivity index (χ1) is 10.7. The van der Waals surface area contributed by atoms with Crippen LogP contribution in [0.15, 0.2) is 36.4 Å². The summed E-state index contributed by atoms with van der Waals surface area (Å²) in [5.41, 5.74) is 3.49. The van der Waals surface area contributed by atoms with Gasteiger partial charge in [0.2, 0.25) is 0 Å². The van der Waals surface area contributed by atoms with Crippen molar-refractivity contribution >= 4 is 0 Å². The quantitative estimate of drug-likeness (QED) is 0.911. The number of methoxy groups -OCH3 is 1. The van der Waals surface area contributed by atoms with Gasteiger partial charge in [-0.3, -0.25) is 0 Å². The molecule has 0 aliphatic carbocycles. The van der Waals surface area contributed by atoms with E-state index in [9.17, 15) is 5.11 Å². The van der Waals surface area contributed by atoms with E-state index in [1.165, 1.54) is 11.1 Å². The standard InChI is InChI=1S/C18H21NO3/c1-3-22-17-11-15-12(10-16(17)21-2)7-8-19-18(15)13-5-4-6-14(20)9-13/h4-6,9-11,18-20H,3,7-8H2,1-2H3. The van der Waals surface area contributed by atoms with Crippen molar-refractivity contribution in [3.05, 3.63) is 53.1 Å². The maximum atomic E-state index is 9.74. The molecule has 1 aliphatic rings. The zero-order chi connectivity index (χ0) is 15.5. The molecular weight excluding hydrogens is 278 g/mol. The summed E-state index contributed by atoms with van der Waals surface area (Å²) in [7, 11) is 1.66. The Morgan fingerprint density at radius 3 is 2.82 bits per heavy atom. The maximum absolute atomic E-state index is 9.74. The van der Waals surface area contributed by atoms with E-state index < -0.39 is 0 Å². The predicted octanol–water partition coefficient (Wildman–Crippen LogP) is 3.03. The van der Waals surface area contributed by atoms with Crippen molar-refractivity contribution in [3.8, 4) is 17.2 Å². The molecule has 1 unspecified atom stereocenters. The average Bonchev–Trinajstić information content (AvgIpc) is 2.54. The van der Waals surface area contributed by atoms with Crippen molar-refractivity contribution < 1.29 is 14.6 Å². The zero-order valence-corrected chi connectivity index (χ0v) is 12.9. The number of phenolic OH excluding ortho intramolecular Hbond substituents is 1. The lowest BCUT2D eigenvalue weighted by molar-refractivity contribution is 0.309. The molecule has 3 rings (SSSR count). The minimum Gasteiger partial charge on any atom is -0.508 e. The van der Waals surface area contributed by atoms with Gasteiger partial charge < -0.3 is 19.9 Å². The van der Waals surface area contributed by atoms with E-state index in [1.807, 2.05) is 19.1 Å². The van der Waals surface area contributed by atoms with Crippen molar-refractivity contribution in [3.63, 3.8) is 0 Å². The average molecular weight is 299 g/mol. The molecule has 4 heteroatoms. The fourth-order valence-corrected chi connectivity index (χ4v) is 2.99. The molecule has 0 bridgehead atoms. The van der Waals surface area contributed by atoms with E-state index in [4.69, 9.17) is 9.47 Å². The minimum absolute atomic E-state index is 0.0564. The molecule has 116 valence electrons. The monoisotopic (exact) mass is 299 g/mol. The molecule has 0 amide bonds. The first kappa shape index (κ1) is 14.7. The number of benzene rings is 2. The van der Waals surface area contributed by atoms with Gasteiger partial charge in [-0.15, -0.1) is 0 Å². The van der Waals surface area contributed by atoms with Crippen molar-refractivity contribution in [1.29, 1.82) is 0 Å². The van der Waals surface area contributed by atoms with E-state index in [1.54, 1.807) is 19.2 Å². The van der Waals surface area contributed by atoms with Crippen LogP contribution in [0.25, 0.3) is 0 Å². The Bertz CT molecular complexity index is 669. The largest absolute Gasteiger partial charge is 0.508 e. The Morgan fingerprint density at radius 2 is 2.09 bits per heavy atom. The lowest BCUT2D eigenvalue weighted by Gasteiger charge is -2.28. The van der Waals surface area contributed by atoms with Gasteiger partial charge in [-0.2, -0.15) is 0 Å². The van der Waals surface area contributed by atoms with Crippen LogP contribution in [0.1, 0.15) is 29.7 Å². The molecule has 1 aliphatic heterocycles. The maximum Gasteiger partial charge on any atom is 0.161 e. The zero-order valence-electron chi connectivity index (χ0n) is 12.9. The summed E-state index contributed by atoms with van der Waals surface area (Å²) in [4.78, 5) is 0. The lowest BCUT2D eigenvalue weighted by Crippen LogP contribution is -2.30. The Labute approximate surface area is 130 Å². The minimum atomic E-state index is 0.0564. The van der Waals surface area contributed by atoms with Crippen molar-refractivity contribution in [2.45, 2.75) is 19.4 Å². The Hall–Kier alpha value is -2.20. The van der Waals surface area contributed by atoms with Crippen LogP contribution in [0.2, 0.25) is 0 Å². The number of hydrogen-bond acceptors (Lipinski definition) is 4. The van der Waals surface area contributed by atoms with Crippen LogP contribution in [0.5, 0.6) is 17.2 Å². The molecular formula is C18H21NO3. The van der Waals surface area contributed by atoms with Crippen LogP contribution in [-0.2, 0) is 6.42 Å². The van der Waals surface area contributed by atoms with E-state index in [-0.39, 0.29) is 11.8 Å². The molecule has 2 N–H and O–H groups in total. The second-order valence-corrected chi connectivity index (χ2v) is 5.37. The van der Waals surface area contributed by atoms with Gasteiger partial charge in [0.15, 0.2) is 11.5 Å². The number of ether oxygens (including phenoxy) is 2. The third kappa shape index (κ3) is 2.74. The van der Waals surface area contributed by atoms with Gasteiger partial charge >= 0.3 is 0 Å². The number of rotatable bonds is 4. The summed E-state index contributed by atoms with van der Waals surface area (Å²) >= 11 is 0. The number of aromatic hydroxyl groups is 1. The fourth-order valence-electron chi connectivity index (χ4n) is 2.99. The molecule has 0 fully saturated rings. The third-order valence-electron chi connectivity index (χ3n) is 3.98. The van der Waals surface area contributed by atoms with Gasteiger partial charge in [0, 0.05) is 6.54 Å². The van der Waals surface area contributed by atoms with Crippen molar-refractivity contribution in [1.82, 2.24) is 5.32 Å². The van der Waals surface area contributed by atoms with Crippen LogP contribution in [0, 0.1) is 0 Å². The van der Waals surface area contributed by atoms with Crippen LogP contribution >= 0.6 is 0 Å². The number of phenols is 1. The molecule has 22 heavy (non-hydrogen) atoms. The molecule has 1 heterocycles. The van der Waals surface area contributed by atoms with E-state index in [0.717, 1.165) is 30.0 Å². The van der Waals surface area contributed by atoms with Gasteiger partial charge in [-0.05, 0) is 54.3 Å². The Morgan fingerprint density at radius 1 is 1.23 bits per heavy atom. The predicted molar refractivity (Wildman–Crippen MR) is 85.8 cm³/mol. The van der Waals surface area contributed by atoms with Gasteiger partial charge in [-0.25, -0.2) is 0 Å². The molecule has 0 saturated heterocycles. The highest BCUT2D eigenvalue weighted by molar-refractivity contribution is 5.52. The first-order valence-corrected chi connectivity index (χ1v) is 7.59. The summed E-state index contributed by atoms with van der Waals surface area (Å²) in [5.74, 6) is 1.82. The van der Waals surface area contributed by atoms with Gasteiger partial charge in [0.05, 0.1) is 19.8 Å². The highest BCUT2D eigenvalue weighted by atomic mass is 16.5. The van der Waals surface area contributed by atoms with Crippen LogP contribution in [0.4, 0.5) is 0 Å². The third-order valence-corrected chi connectivity index (χ3v) is 3.98. The van der Waals surface area contributed by atoms with Gasteiger partial charge in [0.1, 0.15) is 5.75 Å². The molecule has 0 radical (unpaired) electrons. The summed E-state index contributed by atoms with van der Waals surface area (Å²) < 4.78 is 11.1. The number of fused-ring (bicyclic) bond motifs is 1. The first-order valence-electron chi connectivity index (χ1n) is 7.59. The smallest absolute Gasteiger partial charge is 0.161 e. The SMILES string of the molecule is CCOc1cc2c(cc1OC)CCNC2c1cccc(O)c1. The second-order valence-electron chi connectivity index (χ2n) is 5.37. The van der Waals surface area contributed by atoms with Crippen LogP contribution in [-0.4, -0.2) is 25.4 Å². The molecule has 2 aromatic carbocycles. The molecule has 1 atom stereocenters. The Kier molecular flexibility index (Phi) is 4.20. The summed E-state index contributed by atoms with van der Waals surface area (Å²) in [6.07, 6.45) is 0.952. The highest BCUT2D eigenvalue weighted by Crippen LogP contribution is 2.38.